The fraction of sp³-hybridized carbons (Fsp3) is 0.111. The second-order valence-corrected chi connectivity index (χ2v) is 3.19. The Labute approximate surface area is 83.8 Å². The number of nitriles is 1. The van der Waals surface area contributed by atoms with Crippen LogP contribution in [0.5, 0.6) is 0 Å². The molecule has 1 aromatic rings. The number of hydrogen-bond donors (Lipinski definition) is 0. The van der Waals surface area contributed by atoms with E-state index >= 15 is 0 Å². The second kappa shape index (κ2) is 4.56. The maximum atomic E-state index is 9.83. The van der Waals surface area contributed by atoms with Gasteiger partial charge in [0.05, 0.1) is 12.1 Å². The lowest BCUT2D eigenvalue weighted by Crippen LogP contribution is -1.84. The van der Waals surface area contributed by atoms with E-state index in [1.807, 2.05) is 6.07 Å². The fourth-order valence-corrected chi connectivity index (χ4v) is 1.22. The average Bonchev–Trinajstić information content (AvgIpc) is 2.16. The van der Waals surface area contributed by atoms with Crippen LogP contribution in [0.15, 0.2) is 27.7 Å². The van der Waals surface area contributed by atoms with Crippen molar-refractivity contribution in [3.05, 3.63) is 33.8 Å². The number of isocyanates is 1. The third-order valence-corrected chi connectivity index (χ3v) is 2.17. The molecule has 0 unspecified atom stereocenters. The van der Waals surface area contributed by atoms with E-state index in [9.17, 15) is 4.79 Å². The van der Waals surface area contributed by atoms with Crippen molar-refractivity contribution in [1.82, 2.24) is 0 Å². The van der Waals surface area contributed by atoms with E-state index in [2.05, 4.69) is 20.9 Å². The van der Waals surface area contributed by atoms with Gasteiger partial charge in [-0.3, -0.25) is 0 Å². The van der Waals surface area contributed by atoms with E-state index in [0.717, 1.165) is 10.0 Å². The Bertz CT molecular complexity index is 403. The molecule has 0 N–H and O–H groups in total. The van der Waals surface area contributed by atoms with Crippen LogP contribution in [-0.4, -0.2) is 6.08 Å². The first-order valence-corrected chi connectivity index (χ1v) is 4.29. The van der Waals surface area contributed by atoms with Gasteiger partial charge in [0.1, 0.15) is 6.07 Å². The van der Waals surface area contributed by atoms with Crippen LogP contribution in [0.2, 0.25) is 0 Å². The zero-order valence-electron chi connectivity index (χ0n) is 6.62. The van der Waals surface area contributed by atoms with Gasteiger partial charge in [-0.1, -0.05) is 6.07 Å². The molecule has 0 saturated carbocycles. The highest BCUT2D eigenvalue weighted by molar-refractivity contribution is 9.10. The van der Waals surface area contributed by atoms with Crippen LogP contribution in [0.3, 0.4) is 0 Å². The molecule has 1 rings (SSSR count). The van der Waals surface area contributed by atoms with Crippen LogP contribution >= 0.6 is 15.9 Å². The van der Waals surface area contributed by atoms with E-state index in [1.165, 1.54) is 6.08 Å². The second-order valence-electron chi connectivity index (χ2n) is 2.33. The molecule has 64 valence electrons. The first-order chi connectivity index (χ1) is 6.27. The van der Waals surface area contributed by atoms with Gasteiger partial charge in [-0.2, -0.15) is 5.26 Å². The highest BCUT2D eigenvalue weighted by Crippen LogP contribution is 2.17. The molecule has 0 aliphatic heterocycles. The molecule has 1 aromatic carbocycles. The molecule has 0 amide bonds. The minimum atomic E-state index is 0.269. The van der Waals surface area contributed by atoms with E-state index in [-0.39, 0.29) is 6.54 Å². The Morgan fingerprint density at radius 2 is 2.31 bits per heavy atom. The summed E-state index contributed by atoms with van der Waals surface area (Å²) in [6.07, 6.45) is 1.45. The minimum Gasteiger partial charge on any atom is -0.211 e. The molecule has 13 heavy (non-hydrogen) atoms. The third kappa shape index (κ3) is 2.51. The quantitative estimate of drug-likeness (QED) is 0.584. The van der Waals surface area contributed by atoms with Gasteiger partial charge in [0, 0.05) is 4.47 Å². The molecule has 0 fully saturated rings. The topological polar surface area (TPSA) is 53.2 Å². The summed E-state index contributed by atoms with van der Waals surface area (Å²) in [5.74, 6) is 0. The van der Waals surface area contributed by atoms with Gasteiger partial charge in [0.2, 0.25) is 6.08 Å². The van der Waals surface area contributed by atoms with Gasteiger partial charge >= 0.3 is 0 Å². The first-order valence-electron chi connectivity index (χ1n) is 3.50. The monoisotopic (exact) mass is 236 g/mol. The molecule has 0 aliphatic carbocycles. The molecule has 0 spiro atoms. The summed E-state index contributed by atoms with van der Waals surface area (Å²) < 4.78 is 0.744. The lowest BCUT2D eigenvalue weighted by Gasteiger charge is -1.97. The van der Waals surface area contributed by atoms with Crippen LogP contribution < -0.4 is 0 Å². The van der Waals surface area contributed by atoms with Crippen LogP contribution in [0, 0.1) is 11.3 Å². The van der Waals surface area contributed by atoms with Crippen LogP contribution in [0.1, 0.15) is 11.1 Å². The molecule has 0 radical (unpaired) electrons. The summed E-state index contributed by atoms with van der Waals surface area (Å²) in [4.78, 5) is 13.3. The van der Waals surface area contributed by atoms with Crippen molar-refractivity contribution in [2.24, 2.45) is 4.99 Å². The number of aliphatic imine (C=N–C) groups is 1. The first kappa shape index (κ1) is 9.66. The van der Waals surface area contributed by atoms with E-state index in [4.69, 9.17) is 5.26 Å². The zero-order valence-corrected chi connectivity index (χ0v) is 8.21. The SMILES string of the molecule is N#Cc1cc(CN=C=O)ccc1Br. The molecule has 4 heteroatoms. The molecule has 0 aliphatic rings. The fourth-order valence-electron chi connectivity index (χ4n) is 0.880. The van der Waals surface area contributed by atoms with Crippen molar-refractivity contribution in [2.45, 2.75) is 6.54 Å². The molecular weight excluding hydrogens is 232 g/mol. The molecule has 0 saturated heterocycles. The molecule has 3 nitrogen and oxygen atoms in total. The Morgan fingerprint density at radius 3 is 2.92 bits per heavy atom. The maximum Gasteiger partial charge on any atom is 0.235 e. The lowest BCUT2D eigenvalue weighted by atomic mass is 10.1. The zero-order chi connectivity index (χ0) is 9.68. The predicted octanol–water partition coefficient (Wildman–Crippen LogP) is 2.16. The summed E-state index contributed by atoms with van der Waals surface area (Å²) in [7, 11) is 0. The van der Waals surface area contributed by atoms with Crippen LogP contribution in [0.4, 0.5) is 0 Å². The Balaban J connectivity index is 3.00. The largest absolute Gasteiger partial charge is 0.235 e. The highest BCUT2D eigenvalue weighted by atomic mass is 79.9. The average molecular weight is 237 g/mol. The number of carbonyl (C=O) groups excluding carboxylic acids is 1. The van der Waals surface area contributed by atoms with Gasteiger partial charge < -0.3 is 0 Å². The molecule has 0 aromatic heterocycles. The van der Waals surface area contributed by atoms with Crippen molar-refractivity contribution in [3.8, 4) is 6.07 Å². The molecule has 0 atom stereocenters. The van der Waals surface area contributed by atoms with Gasteiger partial charge in [-0.25, -0.2) is 9.79 Å². The summed E-state index contributed by atoms with van der Waals surface area (Å²) in [6, 6.07) is 7.27. The Hall–Kier alpha value is -1.43. The number of nitrogens with zero attached hydrogens (tertiary/aromatic N) is 2. The normalized spacial score (nSPS) is 8.62. The van der Waals surface area contributed by atoms with Crippen molar-refractivity contribution in [2.75, 3.05) is 0 Å². The summed E-state index contributed by atoms with van der Waals surface area (Å²) in [6.45, 7) is 0.269. The summed E-state index contributed by atoms with van der Waals surface area (Å²) in [5, 5.41) is 8.68. The number of halogens is 1. The maximum absolute atomic E-state index is 9.83. The van der Waals surface area contributed by atoms with Crippen molar-refractivity contribution in [1.29, 1.82) is 5.26 Å². The minimum absolute atomic E-state index is 0.269. The number of benzene rings is 1. The van der Waals surface area contributed by atoms with Crippen LogP contribution in [0.25, 0.3) is 0 Å². The van der Waals surface area contributed by atoms with Gasteiger partial charge in [-0.05, 0) is 33.6 Å². The number of hydrogen-bond acceptors (Lipinski definition) is 3. The molecule has 0 heterocycles. The van der Waals surface area contributed by atoms with Gasteiger partial charge in [-0.15, -0.1) is 0 Å². The number of rotatable bonds is 2. The summed E-state index contributed by atoms with van der Waals surface area (Å²) in [5.41, 5.74) is 1.36. The standard InChI is InChI=1S/C9H5BrN2O/c10-9-2-1-7(5-12-6-13)3-8(9)4-11/h1-3H,5H2. The smallest absolute Gasteiger partial charge is 0.211 e. The molecule has 0 bridgehead atoms. The van der Waals surface area contributed by atoms with Gasteiger partial charge in [0.25, 0.3) is 0 Å². The van der Waals surface area contributed by atoms with Gasteiger partial charge in [0.15, 0.2) is 0 Å². The Morgan fingerprint density at radius 1 is 1.54 bits per heavy atom. The van der Waals surface area contributed by atoms with Crippen molar-refractivity contribution < 1.29 is 4.79 Å². The predicted molar refractivity (Wildman–Crippen MR) is 50.7 cm³/mol. The van der Waals surface area contributed by atoms with Crippen molar-refractivity contribution >= 4 is 22.0 Å². The Kier molecular flexibility index (Phi) is 3.39. The highest BCUT2D eigenvalue weighted by Gasteiger charge is 1.99. The van der Waals surface area contributed by atoms with E-state index in [1.54, 1.807) is 18.2 Å². The summed E-state index contributed by atoms with van der Waals surface area (Å²) >= 11 is 3.23. The van der Waals surface area contributed by atoms with Crippen LogP contribution in [-0.2, 0) is 11.3 Å². The van der Waals surface area contributed by atoms with E-state index in [0.29, 0.717) is 5.56 Å². The third-order valence-electron chi connectivity index (χ3n) is 1.48. The lowest BCUT2D eigenvalue weighted by molar-refractivity contribution is 0.563. The molecular formula is C9H5BrN2O. The van der Waals surface area contributed by atoms with E-state index < -0.39 is 0 Å². The van der Waals surface area contributed by atoms with Crippen molar-refractivity contribution in [3.63, 3.8) is 0 Å².